The van der Waals surface area contributed by atoms with Crippen LogP contribution in [-0.4, -0.2) is 21.3 Å². The van der Waals surface area contributed by atoms with Crippen molar-refractivity contribution in [1.82, 2.24) is 14.6 Å². The highest BCUT2D eigenvalue weighted by Gasteiger charge is 2.10. The van der Waals surface area contributed by atoms with Crippen molar-refractivity contribution in [3.8, 4) is 0 Å². The Hall–Kier alpha value is -1.85. The average Bonchev–Trinajstić information content (AvgIpc) is 2.53. The fourth-order valence-corrected chi connectivity index (χ4v) is 1.62. The van der Waals surface area contributed by atoms with Crippen LogP contribution in [0.5, 0.6) is 0 Å². The summed E-state index contributed by atoms with van der Waals surface area (Å²) in [5.41, 5.74) is 6.79. The Morgan fingerprint density at radius 1 is 1.67 bits per heavy atom. The van der Waals surface area contributed by atoms with Gasteiger partial charge in [-0.05, 0) is 6.92 Å². The number of nitrogens with two attached hydrogens (primary N) is 1. The summed E-state index contributed by atoms with van der Waals surface area (Å²) in [5.74, 6) is 0.325. The Kier molecular flexibility index (Phi) is 2.18. The first-order chi connectivity index (χ1) is 7.13. The van der Waals surface area contributed by atoms with E-state index in [0.29, 0.717) is 22.7 Å². The maximum Gasteiger partial charge on any atom is 0.254 e. The van der Waals surface area contributed by atoms with Gasteiger partial charge in [-0.15, -0.1) is 5.10 Å². The van der Waals surface area contributed by atoms with Gasteiger partial charge in [0, 0.05) is 18.1 Å². The minimum absolute atomic E-state index is 0.0941. The number of H-pyrrole nitrogens is 1. The lowest BCUT2D eigenvalue weighted by atomic mass is 10.2. The minimum Gasteiger partial charge on any atom is -0.382 e. The summed E-state index contributed by atoms with van der Waals surface area (Å²) in [5, 5.41) is 4.00. The quantitative estimate of drug-likeness (QED) is 0.754. The van der Waals surface area contributed by atoms with E-state index < -0.39 is 6.67 Å². The Bertz CT molecular complexity index is 557. The fourth-order valence-electron chi connectivity index (χ4n) is 1.62. The van der Waals surface area contributed by atoms with Crippen LogP contribution < -0.4 is 11.3 Å². The maximum atomic E-state index is 12.2. The molecule has 3 N–H and O–H groups in total. The van der Waals surface area contributed by atoms with Crippen LogP contribution >= 0.6 is 0 Å². The number of anilines is 1. The van der Waals surface area contributed by atoms with Crippen LogP contribution in [0.1, 0.15) is 11.3 Å². The zero-order valence-electron chi connectivity index (χ0n) is 8.25. The second-order valence-corrected chi connectivity index (χ2v) is 3.32. The Labute approximate surface area is 84.7 Å². The van der Waals surface area contributed by atoms with Crippen molar-refractivity contribution in [3.05, 3.63) is 27.7 Å². The van der Waals surface area contributed by atoms with Crippen molar-refractivity contribution < 1.29 is 4.39 Å². The summed E-state index contributed by atoms with van der Waals surface area (Å²) < 4.78 is 13.8. The van der Waals surface area contributed by atoms with Crippen LogP contribution in [0.15, 0.2) is 10.9 Å². The Morgan fingerprint density at radius 2 is 2.40 bits per heavy atom. The van der Waals surface area contributed by atoms with E-state index in [0.717, 1.165) is 0 Å². The largest absolute Gasteiger partial charge is 0.382 e. The summed E-state index contributed by atoms with van der Waals surface area (Å²) in [7, 11) is 0. The predicted octanol–water partition coefficient (Wildman–Crippen LogP) is 0.425. The highest BCUT2D eigenvalue weighted by atomic mass is 19.1. The summed E-state index contributed by atoms with van der Waals surface area (Å²) in [6, 6.07) is 1.56. The molecule has 0 saturated carbocycles. The number of alkyl halides is 1. The minimum atomic E-state index is -0.563. The first kappa shape index (κ1) is 9.70. The number of nitrogen functional groups attached to an aromatic ring is 1. The zero-order chi connectivity index (χ0) is 11.0. The molecular formula is C9H11FN4O. The summed E-state index contributed by atoms with van der Waals surface area (Å²) in [4.78, 5) is 14.2. The van der Waals surface area contributed by atoms with Gasteiger partial charge < -0.3 is 10.7 Å². The molecule has 0 spiro atoms. The van der Waals surface area contributed by atoms with Gasteiger partial charge in [-0.2, -0.15) is 0 Å². The van der Waals surface area contributed by atoms with E-state index in [9.17, 15) is 9.18 Å². The van der Waals surface area contributed by atoms with E-state index in [1.807, 2.05) is 0 Å². The third-order valence-electron chi connectivity index (χ3n) is 2.34. The van der Waals surface area contributed by atoms with E-state index in [2.05, 4.69) is 10.1 Å². The number of aryl methyl sites for hydroxylation is 1. The molecule has 2 aromatic rings. The third kappa shape index (κ3) is 1.47. The van der Waals surface area contributed by atoms with Gasteiger partial charge in [0.15, 0.2) is 0 Å². The number of nitrogens with zero attached hydrogens (tertiary/aromatic N) is 2. The molecule has 0 unspecified atom stereocenters. The lowest BCUT2D eigenvalue weighted by molar-refractivity contribution is 0.492. The van der Waals surface area contributed by atoms with Crippen LogP contribution in [0.25, 0.3) is 5.65 Å². The molecule has 0 fully saturated rings. The molecule has 80 valence electrons. The first-order valence-corrected chi connectivity index (χ1v) is 4.56. The standard InChI is InChI=1S/C9H11FN4O/c1-5-6(2-3-10)9(15)12-8-4-7(11)13-14(5)8/h4H,2-3H2,1H3,(H2,11,13)(H,12,15). The summed E-state index contributed by atoms with van der Waals surface area (Å²) in [6.07, 6.45) is 0.0941. The van der Waals surface area contributed by atoms with Gasteiger partial charge in [0.2, 0.25) is 0 Å². The van der Waals surface area contributed by atoms with E-state index in [1.165, 1.54) is 4.52 Å². The average molecular weight is 210 g/mol. The van der Waals surface area contributed by atoms with E-state index in [-0.39, 0.29) is 12.0 Å². The molecule has 15 heavy (non-hydrogen) atoms. The zero-order valence-corrected chi connectivity index (χ0v) is 8.25. The monoisotopic (exact) mass is 210 g/mol. The number of hydrogen-bond donors (Lipinski definition) is 2. The number of fused-ring (bicyclic) bond motifs is 1. The molecule has 0 aliphatic carbocycles. The van der Waals surface area contributed by atoms with E-state index >= 15 is 0 Å². The molecule has 0 aliphatic heterocycles. The van der Waals surface area contributed by atoms with Crippen LogP contribution in [0, 0.1) is 6.92 Å². The van der Waals surface area contributed by atoms with Crippen molar-refractivity contribution in [2.45, 2.75) is 13.3 Å². The molecule has 0 saturated heterocycles. The molecule has 5 nitrogen and oxygen atoms in total. The lowest BCUT2D eigenvalue weighted by Gasteiger charge is -2.04. The van der Waals surface area contributed by atoms with Crippen molar-refractivity contribution in [2.24, 2.45) is 0 Å². The van der Waals surface area contributed by atoms with Gasteiger partial charge >= 0.3 is 0 Å². The van der Waals surface area contributed by atoms with Crippen LogP contribution in [0.4, 0.5) is 10.2 Å². The number of hydrogen-bond acceptors (Lipinski definition) is 3. The van der Waals surface area contributed by atoms with Crippen molar-refractivity contribution in [2.75, 3.05) is 12.4 Å². The van der Waals surface area contributed by atoms with Gasteiger partial charge in [-0.25, -0.2) is 4.52 Å². The molecule has 0 amide bonds. The smallest absolute Gasteiger partial charge is 0.254 e. The van der Waals surface area contributed by atoms with Gasteiger partial charge in [0.25, 0.3) is 5.56 Å². The van der Waals surface area contributed by atoms with Crippen LogP contribution in [0.2, 0.25) is 0 Å². The number of halogens is 1. The Morgan fingerprint density at radius 3 is 3.07 bits per heavy atom. The predicted molar refractivity (Wildman–Crippen MR) is 54.6 cm³/mol. The Balaban J connectivity index is 2.77. The van der Waals surface area contributed by atoms with Crippen LogP contribution in [-0.2, 0) is 6.42 Å². The van der Waals surface area contributed by atoms with Gasteiger partial charge in [-0.1, -0.05) is 0 Å². The molecule has 2 aromatic heterocycles. The van der Waals surface area contributed by atoms with Gasteiger partial charge in [0.05, 0.1) is 12.4 Å². The summed E-state index contributed by atoms with van der Waals surface area (Å²) >= 11 is 0. The molecular weight excluding hydrogens is 199 g/mol. The second kappa shape index (κ2) is 3.38. The SMILES string of the molecule is Cc1c(CCF)c(=O)[nH]c2cc(N)nn12. The molecule has 0 aliphatic rings. The fraction of sp³-hybridized carbons (Fsp3) is 0.333. The number of aromatic nitrogens is 3. The molecule has 2 rings (SSSR count). The number of rotatable bonds is 2. The van der Waals surface area contributed by atoms with Crippen molar-refractivity contribution in [1.29, 1.82) is 0 Å². The van der Waals surface area contributed by atoms with E-state index in [1.54, 1.807) is 13.0 Å². The molecule has 0 atom stereocenters. The lowest BCUT2D eigenvalue weighted by Crippen LogP contribution is -2.18. The van der Waals surface area contributed by atoms with Crippen LogP contribution in [0.3, 0.4) is 0 Å². The molecule has 2 heterocycles. The molecule has 0 radical (unpaired) electrons. The molecule has 6 heteroatoms. The van der Waals surface area contributed by atoms with E-state index in [4.69, 9.17) is 5.73 Å². The van der Waals surface area contributed by atoms with Gasteiger partial charge in [-0.3, -0.25) is 9.18 Å². The third-order valence-corrected chi connectivity index (χ3v) is 2.34. The van der Waals surface area contributed by atoms with Crippen molar-refractivity contribution >= 4 is 11.5 Å². The first-order valence-electron chi connectivity index (χ1n) is 4.56. The normalized spacial score (nSPS) is 11.1. The molecule has 0 aromatic carbocycles. The molecule has 0 bridgehead atoms. The second-order valence-electron chi connectivity index (χ2n) is 3.32. The van der Waals surface area contributed by atoms with Crippen molar-refractivity contribution in [3.63, 3.8) is 0 Å². The summed E-state index contributed by atoms with van der Waals surface area (Å²) in [6.45, 7) is 1.16. The number of nitrogens with one attached hydrogen (secondary N) is 1. The van der Waals surface area contributed by atoms with Gasteiger partial charge in [0.1, 0.15) is 11.5 Å². The highest BCUT2D eigenvalue weighted by molar-refractivity contribution is 5.49. The maximum absolute atomic E-state index is 12.2. The highest BCUT2D eigenvalue weighted by Crippen LogP contribution is 2.09. The topological polar surface area (TPSA) is 76.2 Å². The number of aromatic amines is 1.